The van der Waals surface area contributed by atoms with E-state index in [0.29, 0.717) is 18.5 Å². The summed E-state index contributed by atoms with van der Waals surface area (Å²) in [5.74, 6) is -0.134. The first-order valence-electron chi connectivity index (χ1n) is 4.10. The Kier molecular flexibility index (Phi) is 3.44. The van der Waals surface area contributed by atoms with Crippen LogP contribution >= 0.6 is 7.60 Å². The quantitative estimate of drug-likeness (QED) is 0.484. The predicted molar refractivity (Wildman–Crippen MR) is 48.8 cm³/mol. The van der Waals surface area contributed by atoms with Gasteiger partial charge in [0.15, 0.2) is 0 Å². The van der Waals surface area contributed by atoms with Crippen molar-refractivity contribution in [2.75, 3.05) is 6.54 Å². The third-order valence-electron chi connectivity index (χ3n) is 1.95. The topological polar surface area (TPSA) is 107 Å². The molecule has 0 bridgehead atoms. The highest BCUT2D eigenvalue weighted by atomic mass is 31.2. The normalized spacial score (nSPS) is 26.4. The molecule has 80 valence electrons. The van der Waals surface area contributed by atoms with Crippen molar-refractivity contribution < 1.29 is 24.3 Å². The maximum atomic E-state index is 10.6. The third-order valence-corrected chi connectivity index (χ3v) is 2.65. The molecule has 6 nitrogen and oxygen atoms in total. The molecular formula is C7H12NO5P. The van der Waals surface area contributed by atoms with Crippen LogP contribution in [0.1, 0.15) is 12.8 Å². The number of carboxylic acid groups (broad SMARTS) is 1. The highest BCUT2D eigenvalue weighted by Crippen LogP contribution is 2.39. The van der Waals surface area contributed by atoms with Crippen molar-refractivity contribution in [1.29, 1.82) is 0 Å². The van der Waals surface area contributed by atoms with Gasteiger partial charge < -0.3 is 20.2 Å². The van der Waals surface area contributed by atoms with Gasteiger partial charge in [0.05, 0.1) is 0 Å². The summed E-state index contributed by atoms with van der Waals surface area (Å²) in [7, 11) is -4.17. The summed E-state index contributed by atoms with van der Waals surface area (Å²) in [6, 6.07) is -0.735. The van der Waals surface area contributed by atoms with Gasteiger partial charge in [0.2, 0.25) is 0 Å². The molecule has 0 aromatic rings. The zero-order valence-corrected chi connectivity index (χ0v) is 8.28. The van der Waals surface area contributed by atoms with Crippen LogP contribution in [-0.2, 0) is 9.36 Å². The molecule has 7 heteroatoms. The number of rotatable bonds is 2. The lowest BCUT2D eigenvalue weighted by molar-refractivity contribution is -0.139. The van der Waals surface area contributed by atoms with E-state index in [1.165, 1.54) is 0 Å². The maximum Gasteiger partial charge on any atom is 0.349 e. The van der Waals surface area contributed by atoms with Gasteiger partial charge in [0.1, 0.15) is 6.04 Å². The summed E-state index contributed by atoms with van der Waals surface area (Å²) in [6.07, 6.45) is 0.634. The second-order valence-electron chi connectivity index (χ2n) is 3.18. The van der Waals surface area contributed by atoms with Crippen molar-refractivity contribution in [1.82, 2.24) is 5.32 Å². The summed E-state index contributed by atoms with van der Waals surface area (Å²) in [5, 5.41) is 11.4. The molecule has 0 amide bonds. The van der Waals surface area contributed by atoms with Crippen LogP contribution in [0.15, 0.2) is 11.4 Å². The van der Waals surface area contributed by atoms with Crippen LogP contribution in [0.5, 0.6) is 0 Å². The van der Waals surface area contributed by atoms with Crippen LogP contribution in [-0.4, -0.2) is 33.4 Å². The Hall–Kier alpha value is -0.680. The lowest BCUT2D eigenvalue weighted by Crippen LogP contribution is -2.41. The maximum absolute atomic E-state index is 10.6. The van der Waals surface area contributed by atoms with E-state index in [1.54, 1.807) is 0 Å². The first-order chi connectivity index (χ1) is 6.38. The van der Waals surface area contributed by atoms with E-state index >= 15 is 0 Å². The van der Waals surface area contributed by atoms with Crippen LogP contribution in [0.4, 0.5) is 0 Å². The average Bonchev–Trinajstić information content (AvgIpc) is 2.01. The van der Waals surface area contributed by atoms with E-state index in [4.69, 9.17) is 14.9 Å². The number of carboxylic acids is 1. The second kappa shape index (κ2) is 4.23. The zero-order valence-electron chi connectivity index (χ0n) is 7.38. The fraction of sp³-hybridized carbons (Fsp3) is 0.571. The Labute approximate surface area is 80.8 Å². The van der Waals surface area contributed by atoms with Gasteiger partial charge in [-0.25, -0.2) is 0 Å². The Morgan fingerprint density at radius 3 is 2.71 bits per heavy atom. The molecule has 1 unspecified atom stereocenters. The van der Waals surface area contributed by atoms with E-state index < -0.39 is 19.6 Å². The van der Waals surface area contributed by atoms with Crippen molar-refractivity contribution in [3.8, 4) is 0 Å². The molecule has 0 saturated carbocycles. The zero-order chi connectivity index (χ0) is 10.8. The second-order valence-corrected chi connectivity index (χ2v) is 4.61. The molecule has 0 spiro atoms. The van der Waals surface area contributed by atoms with Gasteiger partial charge in [-0.15, -0.1) is 0 Å². The summed E-state index contributed by atoms with van der Waals surface area (Å²) in [6.45, 7) is 0.433. The summed E-state index contributed by atoms with van der Waals surface area (Å²) in [5.41, 5.74) is 0.504. The summed E-state index contributed by atoms with van der Waals surface area (Å²) >= 11 is 0. The molecular weight excluding hydrogens is 209 g/mol. The number of aliphatic carboxylic acids is 1. The molecule has 14 heavy (non-hydrogen) atoms. The number of hydrogen-bond donors (Lipinski definition) is 4. The molecule has 1 saturated heterocycles. The van der Waals surface area contributed by atoms with Crippen molar-refractivity contribution in [3.05, 3.63) is 11.4 Å². The molecule has 1 aliphatic rings. The molecule has 1 aliphatic heterocycles. The van der Waals surface area contributed by atoms with Crippen LogP contribution < -0.4 is 5.32 Å². The molecule has 0 aromatic carbocycles. The van der Waals surface area contributed by atoms with Crippen LogP contribution in [0.3, 0.4) is 0 Å². The average molecular weight is 221 g/mol. The fourth-order valence-corrected chi connectivity index (χ4v) is 2.08. The van der Waals surface area contributed by atoms with E-state index in [2.05, 4.69) is 5.32 Å². The number of piperidine rings is 1. The van der Waals surface area contributed by atoms with Gasteiger partial charge in [0.25, 0.3) is 0 Å². The fourth-order valence-electron chi connectivity index (χ4n) is 1.37. The van der Waals surface area contributed by atoms with Gasteiger partial charge in [0, 0.05) is 5.82 Å². The van der Waals surface area contributed by atoms with Crippen molar-refractivity contribution in [2.24, 2.45) is 0 Å². The van der Waals surface area contributed by atoms with Gasteiger partial charge in [-0.05, 0) is 19.4 Å². The first kappa shape index (κ1) is 11.4. The van der Waals surface area contributed by atoms with Crippen molar-refractivity contribution in [3.63, 3.8) is 0 Å². The Bertz CT molecular complexity index is 307. The summed E-state index contributed by atoms with van der Waals surface area (Å²) in [4.78, 5) is 27.9. The van der Waals surface area contributed by atoms with Gasteiger partial charge in [-0.1, -0.05) is 5.57 Å². The minimum atomic E-state index is -4.17. The van der Waals surface area contributed by atoms with E-state index in [1.807, 2.05) is 0 Å². The minimum Gasteiger partial charge on any atom is -0.480 e. The number of nitrogens with one attached hydrogen (secondary N) is 1. The molecule has 0 radical (unpaired) electrons. The Morgan fingerprint density at radius 2 is 2.21 bits per heavy atom. The summed E-state index contributed by atoms with van der Waals surface area (Å²) < 4.78 is 10.6. The van der Waals surface area contributed by atoms with Crippen LogP contribution in [0.2, 0.25) is 0 Å². The molecule has 1 rings (SSSR count). The SMILES string of the molecule is O=C(O)C1CC(=CP(=O)(O)O)CCN1. The standard InChI is InChI=1S/C7H12NO5P/c9-7(10)6-3-5(1-2-8-6)4-14(11,12)13/h4,6,8H,1-3H2,(H,9,10)(H2,11,12,13). The van der Waals surface area contributed by atoms with E-state index in [-0.39, 0.29) is 6.42 Å². The number of hydrogen-bond acceptors (Lipinski definition) is 3. The third kappa shape index (κ3) is 3.59. The first-order valence-corrected chi connectivity index (χ1v) is 5.78. The van der Waals surface area contributed by atoms with E-state index in [0.717, 1.165) is 5.82 Å². The lowest BCUT2D eigenvalue weighted by Gasteiger charge is -2.22. The molecule has 4 N–H and O–H groups in total. The largest absolute Gasteiger partial charge is 0.480 e. The van der Waals surface area contributed by atoms with Gasteiger partial charge in [-0.3, -0.25) is 9.36 Å². The minimum absolute atomic E-state index is 0.153. The van der Waals surface area contributed by atoms with Crippen LogP contribution in [0.25, 0.3) is 0 Å². The molecule has 0 aliphatic carbocycles. The molecule has 1 atom stereocenters. The monoisotopic (exact) mass is 221 g/mol. The van der Waals surface area contributed by atoms with E-state index in [9.17, 15) is 9.36 Å². The smallest absolute Gasteiger partial charge is 0.349 e. The highest BCUT2D eigenvalue weighted by molar-refractivity contribution is 7.55. The number of carbonyl (C=O) groups is 1. The molecule has 0 aromatic heterocycles. The van der Waals surface area contributed by atoms with Gasteiger partial charge >= 0.3 is 13.6 Å². The van der Waals surface area contributed by atoms with Gasteiger partial charge in [-0.2, -0.15) is 0 Å². The lowest BCUT2D eigenvalue weighted by atomic mass is 10.0. The predicted octanol–water partition coefficient (Wildman–Crippen LogP) is -0.115. The van der Waals surface area contributed by atoms with Crippen molar-refractivity contribution in [2.45, 2.75) is 18.9 Å². The molecule has 1 fully saturated rings. The highest BCUT2D eigenvalue weighted by Gasteiger charge is 2.24. The Morgan fingerprint density at radius 1 is 1.57 bits per heavy atom. The van der Waals surface area contributed by atoms with Crippen molar-refractivity contribution >= 4 is 13.6 Å². The molecule has 1 heterocycles. The van der Waals surface area contributed by atoms with Crippen LogP contribution in [0, 0.1) is 0 Å². The Balaban J connectivity index is 2.70.